The summed E-state index contributed by atoms with van der Waals surface area (Å²) in [6, 6.07) is 9.30. The molecule has 0 aromatic heterocycles. The number of nitrogens with zero attached hydrogens (tertiary/aromatic N) is 1. The molecule has 7 heteroatoms. The molecule has 6 nitrogen and oxygen atoms in total. The van der Waals surface area contributed by atoms with E-state index in [0.29, 0.717) is 5.39 Å². The first kappa shape index (κ1) is 19.2. The highest BCUT2D eigenvalue weighted by Gasteiger charge is 2.27. The molecule has 0 bridgehead atoms. The Labute approximate surface area is 148 Å². The van der Waals surface area contributed by atoms with Gasteiger partial charge in [-0.15, -0.1) is 0 Å². The van der Waals surface area contributed by atoms with Crippen LogP contribution < -0.4 is 9.62 Å². The normalized spacial score (nSPS) is 13.2. The minimum atomic E-state index is -3.97. The molecular formula is C18H24N2O4S. The zero-order chi connectivity index (χ0) is 18.8. The van der Waals surface area contributed by atoms with Crippen molar-refractivity contribution in [2.45, 2.75) is 31.2 Å². The Bertz CT molecular complexity index is 876. The number of carbonyl (C=O) groups is 1. The SMILES string of the molecule is CC(C)CC(NS(=O)(=O)c1cccc2c(N(C)C)cccc12)C(=O)O. The molecule has 0 saturated heterocycles. The lowest BCUT2D eigenvalue weighted by atomic mass is 10.1. The van der Waals surface area contributed by atoms with Crippen molar-refractivity contribution in [1.29, 1.82) is 0 Å². The summed E-state index contributed by atoms with van der Waals surface area (Å²) in [5, 5.41) is 10.7. The average molecular weight is 364 g/mol. The highest BCUT2D eigenvalue weighted by Crippen LogP contribution is 2.30. The van der Waals surface area contributed by atoms with Crippen LogP contribution in [0.1, 0.15) is 20.3 Å². The van der Waals surface area contributed by atoms with Gasteiger partial charge in [-0.05, 0) is 24.5 Å². The van der Waals surface area contributed by atoms with Crippen LogP contribution in [0.15, 0.2) is 41.3 Å². The van der Waals surface area contributed by atoms with E-state index in [2.05, 4.69) is 4.72 Å². The van der Waals surface area contributed by atoms with E-state index in [1.54, 1.807) is 18.2 Å². The molecule has 0 spiro atoms. The first-order valence-electron chi connectivity index (χ1n) is 8.07. The number of sulfonamides is 1. The van der Waals surface area contributed by atoms with Crippen LogP contribution in [0.2, 0.25) is 0 Å². The molecule has 1 atom stereocenters. The predicted octanol–water partition coefficient (Wildman–Crippen LogP) is 2.68. The number of carboxylic acid groups (broad SMARTS) is 1. The summed E-state index contributed by atoms with van der Waals surface area (Å²) in [6.07, 6.45) is 0.224. The molecule has 0 heterocycles. The van der Waals surface area contributed by atoms with Gasteiger partial charge in [-0.3, -0.25) is 4.79 Å². The summed E-state index contributed by atoms with van der Waals surface area (Å²) in [6.45, 7) is 3.71. The van der Waals surface area contributed by atoms with Crippen LogP contribution in [-0.4, -0.2) is 39.6 Å². The third-order valence-corrected chi connectivity index (χ3v) is 5.46. The molecule has 0 aliphatic rings. The van der Waals surface area contributed by atoms with Gasteiger partial charge in [0.1, 0.15) is 6.04 Å². The second-order valence-electron chi connectivity index (χ2n) is 6.66. The molecule has 0 radical (unpaired) electrons. The lowest BCUT2D eigenvalue weighted by Gasteiger charge is -2.19. The fraction of sp³-hybridized carbons (Fsp3) is 0.389. The number of fused-ring (bicyclic) bond motifs is 1. The van der Waals surface area contributed by atoms with Gasteiger partial charge in [-0.25, -0.2) is 8.42 Å². The molecule has 2 aromatic carbocycles. The molecule has 0 fully saturated rings. The summed E-state index contributed by atoms with van der Waals surface area (Å²) in [4.78, 5) is 13.4. The average Bonchev–Trinajstić information content (AvgIpc) is 2.52. The van der Waals surface area contributed by atoms with Gasteiger partial charge < -0.3 is 10.0 Å². The quantitative estimate of drug-likeness (QED) is 0.789. The van der Waals surface area contributed by atoms with Gasteiger partial charge in [0.05, 0.1) is 4.90 Å². The van der Waals surface area contributed by atoms with Gasteiger partial charge in [0.2, 0.25) is 10.0 Å². The third-order valence-electron chi connectivity index (χ3n) is 3.93. The van der Waals surface area contributed by atoms with E-state index < -0.39 is 22.0 Å². The largest absolute Gasteiger partial charge is 0.480 e. The highest BCUT2D eigenvalue weighted by molar-refractivity contribution is 7.89. The second kappa shape index (κ2) is 7.41. The van der Waals surface area contributed by atoms with Gasteiger partial charge in [0.15, 0.2) is 0 Å². The maximum atomic E-state index is 12.8. The predicted molar refractivity (Wildman–Crippen MR) is 99.5 cm³/mol. The van der Waals surface area contributed by atoms with Crippen molar-refractivity contribution in [1.82, 2.24) is 4.72 Å². The molecule has 25 heavy (non-hydrogen) atoms. The smallest absolute Gasteiger partial charge is 0.321 e. The number of rotatable bonds is 7. The fourth-order valence-corrected chi connectivity index (χ4v) is 4.23. The molecule has 2 N–H and O–H groups in total. The summed E-state index contributed by atoms with van der Waals surface area (Å²) < 4.78 is 28.0. The molecule has 0 amide bonds. The topological polar surface area (TPSA) is 86.7 Å². The minimum absolute atomic E-state index is 0.0525. The van der Waals surface area contributed by atoms with Crippen molar-refractivity contribution in [3.63, 3.8) is 0 Å². The number of aliphatic carboxylic acids is 1. The van der Waals surface area contributed by atoms with Crippen molar-refractivity contribution >= 4 is 32.5 Å². The maximum Gasteiger partial charge on any atom is 0.321 e. The molecule has 0 saturated carbocycles. The standard InChI is InChI=1S/C18H24N2O4S/c1-12(2)11-15(18(21)22)19-25(23,24)17-10-6-7-13-14(17)8-5-9-16(13)20(3)4/h5-10,12,15,19H,11H2,1-4H3,(H,21,22). The van der Waals surface area contributed by atoms with Gasteiger partial charge >= 0.3 is 5.97 Å². The van der Waals surface area contributed by atoms with Crippen molar-refractivity contribution in [2.24, 2.45) is 5.92 Å². The number of benzene rings is 2. The number of carboxylic acids is 1. The first-order valence-corrected chi connectivity index (χ1v) is 9.56. The summed E-state index contributed by atoms with van der Waals surface area (Å²) in [7, 11) is -0.196. The van der Waals surface area contributed by atoms with Gasteiger partial charge in [-0.2, -0.15) is 4.72 Å². The first-order chi connectivity index (χ1) is 11.6. The molecule has 2 aromatic rings. The maximum absolute atomic E-state index is 12.8. The van der Waals surface area contributed by atoms with Crippen LogP contribution in [0.4, 0.5) is 5.69 Å². The Morgan fingerprint density at radius 1 is 1.12 bits per heavy atom. The van der Waals surface area contributed by atoms with Crippen LogP contribution in [-0.2, 0) is 14.8 Å². The Morgan fingerprint density at radius 2 is 1.72 bits per heavy atom. The summed E-state index contributed by atoms with van der Waals surface area (Å²) in [5.41, 5.74) is 0.895. The summed E-state index contributed by atoms with van der Waals surface area (Å²) >= 11 is 0. The van der Waals surface area contributed by atoms with Crippen LogP contribution in [0.25, 0.3) is 10.8 Å². The number of hydrogen-bond donors (Lipinski definition) is 2. The number of anilines is 1. The van der Waals surface area contributed by atoms with Crippen molar-refractivity contribution in [3.8, 4) is 0 Å². The van der Waals surface area contributed by atoms with Crippen LogP contribution in [0.3, 0.4) is 0 Å². The Kier molecular flexibility index (Phi) is 5.69. The zero-order valence-corrected chi connectivity index (χ0v) is 15.7. The van der Waals surface area contributed by atoms with Gasteiger partial charge in [0.25, 0.3) is 0 Å². The van der Waals surface area contributed by atoms with E-state index in [4.69, 9.17) is 0 Å². The summed E-state index contributed by atoms with van der Waals surface area (Å²) in [5.74, 6) is -1.12. The Balaban J connectivity index is 2.53. The molecule has 0 aliphatic heterocycles. The van der Waals surface area contributed by atoms with E-state index >= 15 is 0 Å². The van der Waals surface area contributed by atoms with Crippen molar-refractivity contribution in [2.75, 3.05) is 19.0 Å². The molecular weight excluding hydrogens is 340 g/mol. The monoisotopic (exact) mass is 364 g/mol. The minimum Gasteiger partial charge on any atom is -0.480 e. The van der Waals surface area contributed by atoms with Gasteiger partial charge in [-0.1, -0.05) is 38.1 Å². The Hall–Kier alpha value is -2.12. The van der Waals surface area contributed by atoms with Crippen LogP contribution >= 0.6 is 0 Å². The van der Waals surface area contributed by atoms with Crippen LogP contribution in [0, 0.1) is 5.92 Å². The molecule has 0 aliphatic carbocycles. The molecule has 2 rings (SSSR count). The Morgan fingerprint density at radius 3 is 2.28 bits per heavy atom. The molecule has 136 valence electrons. The van der Waals surface area contributed by atoms with Gasteiger partial charge in [0, 0.05) is 30.6 Å². The third kappa shape index (κ3) is 4.29. The highest BCUT2D eigenvalue weighted by atomic mass is 32.2. The number of nitrogens with one attached hydrogen (secondary N) is 1. The van der Waals surface area contributed by atoms with E-state index in [0.717, 1.165) is 11.1 Å². The van der Waals surface area contributed by atoms with Crippen molar-refractivity contribution < 1.29 is 18.3 Å². The van der Waals surface area contributed by atoms with Crippen LogP contribution in [0.5, 0.6) is 0 Å². The van der Waals surface area contributed by atoms with E-state index in [9.17, 15) is 18.3 Å². The van der Waals surface area contributed by atoms with E-state index in [1.807, 2.05) is 45.0 Å². The second-order valence-corrected chi connectivity index (χ2v) is 8.35. The lowest BCUT2D eigenvalue weighted by molar-refractivity contribution is -0.139. The number of hydrogen-bond acceptors (Lipinski definition) is 4. The molecule has 1 unspecified atom stereocenters. The van der Waals surface area contributed by atoms with E-state index in [-0.39, 0.29) is 17.2 Å². The lowest BCUT2D eigenvalue weighted by Crippen LogP contribution is -2.41. The van der Waals surface area contributed by atoms with E-state index in [1.165, 1.54) is 6.07 Å². The fourth-order valence-electron chi connectivity index (χ4n) is 2.81. The zero-order valence-electron chi connectivity index (χ0n) is 14.9. The van der Waals surface area contributed by atoms with Crippen molar-refractivity contribution in [3.05, 3.63) is 36.4 Å².